The Morgan fingerprint density at radius 3 is 2.70 bits per heavy atom. The Kier molecular flexibility index (Phi) is 4.34. The Labute approximate surface area is 120 Å². The van der Waals surface area contributed by atoms with Gasteiger partial charge < -0.3 is 10.1 Å². The van der Waals surface area contributed by atoms with Crippen LogP contribution in [0.15, 0.2) is 54.6 Å². The van der Waals surface area contributed by atoms with Crippen molar-refractivity contribution >= 4 is 0 Å². The molecule has 2 aromatic rings. The fourth-order valence-electron chi connectivity index (χ4n) is 2.82. The predicted molar refractivity (Wildman–Crippen MR) is 82.1 cm³/mol. The van der Waals surface area contributed by atoms with Crippen molar-refractivity contribution in [3.63, 3.8) is 0 Å². The average Bonchev–Trinajstić information content (AvgIpc) is 2.91. The molecule has 0 fully saturated rings. The lowest BCUT2D eigenvalue weighted by Crippen LogP contribution is -2.21. The van der Waals surface area contributed by atoms with Gasteiger partial charge in [-0.2, -0.15) is 0 Å². The molecule has 1 unspecified atom stereocenters. The molecule has 2 heteroatoms. The van der Waals surface area contributed by atoms with E-state index < -0.39 is 0 Å². The standard InChI is InChI=1S/C18H21NO/c1-2-8-16(9-3-1)20-14-6-13-19-18-12-11-15-7-4-5-10-17(15)18/h1-5,7-10,18-19H,6,11-14H2. The van der Waals surface area contributed by atoms with E-state index in [1.807, 2.05) is 30.3 Å². The van der Waals surface area contributed by atoms with Gasteiger partial charge in [0.15, 0.2) is 0 Å². The number of ether oxygens (including phenoxy) is 1. The molecule has 20 heavy (non-hydrogen) atoms. The summed E-state index contributed by atoms with van der Waals surface area (Å²) in [4.78, 5) is 0. The number of hydrogen-bond donors (Lipinski definition) is 1. The van der Waals surface area contributed by atoms with Crippen molar-refractivity contribution in [2.24, 2.45) is 0 Å². The summed E-state index contributed by atoms with van der Waals surface area (Å²) in [5.41, 5.74) is 2.99. The van der Waals surface area contributed by atoms with Gasteiger partial charge in [0.1, 0.15) is 5.75 Å². The normalized spacial score (nSPS) is 16.9. The van der Waals surface area contributed by atoms with Crippen molar-refractivity contribution in [2.45, 2.75) is 25.3 Å². The van der Waals surface area contributed by atoms with Crippen LogP contribution >= 0.6 is 0 Å². The first-order chi connectivity index (χ1) is 9.93. The number of nitrogens with one attached hydrogen (secondary N) is 1. The van der Waals surface area contributed by atoms with Crippen LogP contribution in [-0.2, 0) is 6.42 Å². The summed E-state index contributed by atoms with van der Waals surface area (Å²) in [5.74, 6) is 0.957. The van der Waals surface area contributed by atoms with Crippen LogP contribution in [0.5, 0.6) is 5.75 Å². The first-order valence-corrected chi connectivity index (χ1v) is 7.42. The highest BCUT2D eigenvalue weighted by atomic mass is 16.5. The zero-order chi connectivity index (χ0) is 13.6. The maximum Gasteiger partial charge on any atom is 0.119 e. The molecule has 1 N–H and O–H groups in total. The Balaban J connectivity index is 1.39. The van der Waals surface area contributed by atoms with Crippen molar-refractivity contribution in [2.75, 3.05) is 13.2 Å². The van der Waals surface area contributed by atoms with E-state index in [9.17, 15) is 0 Å². The highest BCUT2D eigenvalue weighted by Gasteiger charge is 2.20. The molecule has 0 saturated heterocycles. The summed E-state index contributed by atoms with van der Waals surface area (Å²) in [6.45, 7) is 1.78. The largest absolute Gasteiger partial charge is 0.494 e. The zero-order valence-corrected chi connectivity index (χ0v) is 11.7. The Morgan fingerprint density at radius 1 is 1.00 bits per heavy atom. The number of aryl methyl sites for hydroxylation is 1. The van der Waals surface area contributed by atoms with Crippen LogP contribution in [0.2, 0.25) is 0 Å². The molecular formula is C18H21NO. The van der Waals surface area contributed by atoms with Gasteiger partial charge in [-0.25, -0.2) is 0 Å². The second-order valence-electron chi connectivity index (χ2n) is 5.26. The first kappa shape index (κ1) is 13.2. The van der Waals surface area contributed by atoms with Crippen LogP contribution in [0.25, 0.3) is 0 Å². The van der Waals surface area contributed by atoms with Gasteiger partial charge in [0.25, 0.3) is 0 Å². The highest BCUT2D eigenvalue weighted by Crippen LogP contribution is 2.30. The average molecular weight is 267 g/mol. The summed E-state index contributed by atoms with van der Waals surface area (Å²) >= 11 is 0. The van der Waals surface area contributed by atoms with E-state index in [1.165, 1.54) is 24.0 Å². The summed E-state index contributed by atoms with van der Waals surface area (Å²) in [6.07, 6.45) is 3.46. The lowest BCUT2D eigenvalue weighted by Gasteiger charge is -2.14. The molecule has 0 spiro atoms. The van der Waals surface area contributed by atoms with Gasteiger partial charge in [-0.1, -0.05) is 42.5 Å². The fraction of sp³-hybridized carbons (Fsp3) is 0.333. The fourth-order valence-corrected chi connectivity index (χ4v) is 2.82. The molecule has 104 valence electrons. The molecule has 1 atom stereocenters. The van der Waals surface area contributed by atoms with Crippen molar-refractivity contribution in [1.82, 2.24) is 5.32 Å². The minimum Gasteiger partial charge on any atom is -0.494 e. The topological polar surface area (TPSA) is 21.3 Å². The van der Waals surface area contributed by atoms with Crippen molar-refractivity contribution in [3.8, 4) is 5.75 Å². The minimum absolute atomic E-state index is 0.530. The number of fused-ring (bicyclic) bond motifs is 1. The summed E-state index contributed by atoms with van der Waals surface area (Å²) in [7, 11) is 0. The third-order valence-corrected chi connectivity index (χ3v) is 3.86. The van der Waals surface area contributed by atoms with E-state index >= 15 is 0 Å². The summed E-state index contributed by atoms with van der Waals surface area (Å²) < 4.78 is 5.70. The summed E-state index contributed by atoms with van der Waals surface area (Å²) in [6, 6.07) is 19.3. The van der Waals surface area contributed by atoms with Gasteiger partial charge in [0.2, 0.25) is 0 Å². The Morgan fingerprint density at radius 2 is 1.80 bits per heavy atom. The molecule has 0 aliphatic heterocycles. The molecular weight excluding hydrogens is 246 g/mol. The number of hydrogen-bond acceptors (Lipinski definition) is 2. The number of para-hydroxylation sites is 1. The van der Waals surface area contributed by atoms with Crippen LogP contribution in [0.1, 0.15) is 30.0 Å². The molecule has 3 rings (SSSR count). The molecule has 2 aromatic carbocycles. The molecule has 1 aliphatic rings. The van der Waals surface area contributed by atoms with Crippen LogP contribution in [0.4, 0.5) is 0 Å². The predicted octanol–water partition coefficient (Wildman–Crippen LogP) is 3.73. The van der Waals surface area contributed by atoms with Gasteiger partial charge in [-0.3, -0.25) is 0 Å². The monoisotopic (exact) mass is 267 g/mol. The van der Waals surface area contributed by atoms with E-state index in [-0.39, 0.29) is 0 Å². The third-order valence-electron chi connectivity index (χ3n) is 3.86. The maximum absolute atomic E-state index is 5.70. The van der Waals surface area contributed by atoms with Gasteiger partial charge in [-0.15, -0.1) is 0 Å². The maximum atomic E-state index is 5.70. The third kappa shape index (κ3) is 3.20. The lowest BCUT2D eigenvalue weighted by molar-refractivity contribution is 0.304. The highest BCUT2D eigenvalue weighted by molar-refractivity contribution is 5.34. The van der Waals surface area contributed by atoms with E-state index in [0.29, 0.717) is 6.04 Å². The van der Waals surface area contributed by atoms with Crippen LogP contribution in [-0.4, -0.2) is 13.2 Å². The molecule has 1 aliphatic carbocycles. The number of benzene rings is 2. The Bertz CT molecular complexity index is 538. The van der Waals surface area contributed by atoms with Crippen molar-refractivity contribution in [3.05, 3.63) is 65.7 Å². The van der Waals surface area contributed by atoms with Gasteiger partial charge >= 0.3 is 0 Å². The van der Waals surface area contributed by atoms with Crippen molar-refractivity contribution < 1.29 is 4.74 Å². The van der Waals surface area contributed by atoms with Crippen LogP contribution < -0.4 is 10.1 Å². The molecule has 0 saturated carbocycles. The molecule has 2 nitrogen and oxygen atoms in total. The molecule has 0 heterocycles. The van der Waals surface area contributed by atoms with Gasteiger partial charge in [0.05, 0.1) is 6.61 Å². The second-order valence-corrected chi connectivity index (χ2v) is 5.26. The van der Waals surface area contributed by atoms with Crippen molar-refractivity contribution in [1.29, 1.82) is 0 Å². The molecule has 0 aromatic heterocycles. The smallest absolute Gasteiger partial charge is 0.119 e. The first-order valence-electron chi connectivity index (χ1n) is 7.42. The van der Waals surface area contributed by atoms with Crippen LogP contribution in [0, 0.1) is 0 Å². The van der Waals surface area contributed by atoms with Gasteiger partial charge in [0, 0.05) is 6.04 Å². The molecule has 0 radical (unpaired) electrons. The molecule has 0 amide bonds. The van der Waals surface area contributed by atoms with E-state index in [1.54, 1.807) is 0 Å². The van der Waals surface area contributed by atoms with E-state index in [4.69, 9.17) is 4.74 Å². The van der Waals surface area contributed by atoms with Gasteiger partial charge in [-0.05, 0) is 49.1 Å². The van der Waals surface area contributed by atoms with Crippen LogP contribution in [0.3, 0.4) is 0 Å². The SMILES string of the molecule is c1ccc(OCCCNC2CCc3ccccc32)cc1. The minimum atomic E-state index is 0.530. The zero-order valence-electron chi connectivity index (χ0n) is 11.7. The lowest BCUT2D eigenvalue weighted by atomic mass is 10.1. The quantitative estimate of drug-likeness (QED) is 0.805. The van der Waals surface area contributed by atoms with E-state index in [0.717, 1.165) is 25.3 Å². The Hall–Kier alpha value is -1.80. The summed E-state index contributed by atoms with van der Waals surface area (Å²) in [5, 5.41) is 3.64. The second kappa shape index (κ2) is 6.58. The number of rotatable bonds is 6. The molecule has 0 bridgehead atoms. The van der Waals surface area contributed by atoms with E-state index in [2.05, 4.69) is 29.6 Å².